The molecule has 9 nitrogen and oxygen atoms in total. The number of ketones is 1. The average molecular weight is 555 g/mol. The van der Waals surface area contributed by atoms with Crippen LogP contribution < -0.4 is 0 Å². The van der Waals surface area contributed by atoms with E-state index in [9.17, 15) is 40.9 Å². The van der Waals surface area contributed by atoms with E-state index in [2.05, 4.69) is 0 Å². The first-order valence-electron chi connectivity index (χ1n) is 11.0. The maximum Gasteiger partial charge on any atom is 0.294 e. The normalized spacial score (nSPS) is 12.3. The van der Waals surface area contributed by atoms with Crippen molar-refractivity contribution in [2.75, 3.05) is 0 Å². The third kappa shape index (κ3) is 5.31. The number of rotatable bonds is 7. The number of hydrogen-bond acceptors (Lipinski definition) is 7. The fraction of sp³-hybridized carbons (Fsp3) is 0.0741. The van der Waals surface area contributed by atoms with Crippen LogP contribution in [-0.4, -0.2) is 41.9 Å². The molecule has 4 aromatic rings. The van der Waals surface area contributed by atoms with Gasteiger partial charge in [-0.1, -0.05) is 48.5 Å². The fourth-order valence-electron chi connectivity index (χ4n) is 4.21. The van der Waals surface area contributed by atoms with E-state index < -0.39 is 41.2 Å². The van der Waals surface area contributed by atoms with Crippen LogP contribution in [0.25, 0.3) is 0 Å². The van der Waals surface area contributed by atoms with E-state index in [1.165, 1.54) is 12.1 Å². The predicted octanol–water partition coefficient (Wildman–Crippen LogP) is 4.18. The molecule has 0 atom stereocenters. The zero-order chi connectivity index (χ0) is 27.9. The summed E-state index contributed by atoms with van der Waals surface area (Å²) in [6.45, 7) is 1.93. The lowest BCUT2D eigenvalue weighted by molar-refractivity contribution is 0.103. The van der Waals surface area contributed by atoms with Crippen LogP contribution in [0, 0.1) is 0 Å². The van der Waals surface area contributed by atoms with Crippen LogP contribution in [0.1, 0.15) is 39.5 Å². The van der Waals surface area contributed by atoms with Crippen LogP contribution in [0.5, 0.6) is 11.5 Å². The third-order valence-electron chi connectivity index (χ3n) is 6.35. The Morgan fingerprint density at radius 3 is 1.26 bits per heavy atom. The molecule has 0 heterocycles. The molecule has 0 aromatic heterocycles. The van der Waals surface area contributed by atoms with Crippen molar-refractivity contribution < 1.29 is 40.9 Å². The maximum atomic E-state index is 13.2. The molecular formula is C27H22O9S2. The zero-order valence-corrected chi connectivity index (χ0v) is 21.4. The number of benzene rings is 4. The van der Waals surface area contributed by atoms with E-state index >= 15 is 0 Å². The van der Waals surface area contributed by atoms with E-state index in [0.717, 1.165) is 28.8 Å². The number of carbonyl (C=O) groups is 1. The van der Waals surface area contributed by atoms with Crippen LogP contribution >= 0.6 is 0 Å². The molecule has 0 aliphatic carbocycles. The lowest BCUT2D eigenvalue weighted by Gasteiger charge is -2.32. The summed E-state index contributed by atoms with van der Waals surface area (Å²) in [6.07, 6.45) is 0. The molecule has 0 radical (unpaired) electrons. The standard InChI is InChI=1S/C27H22O9S2/c1-27(20-6-10-22(28)11-7-20,21-8-12-23(29)13-9-21)19-4-2-17(3-5-19)26(30)18-14-24(37(31,32)33)16-25(15-18)38(34,35)36/h2-16,28-29H,1H3,(H,31,32,33)(H,34,35,36). The van der Waals surface area contributed by atoms with E-state index in [0.29, 0.717) is 6.07 Å². The third-order valence-corrected chi connectivity index (χ3v) is 8.01. The molecule has 0 amide bonds. The molecule has 0 saturated heterocycles. The Kier molecular flexibility index (Phi) is 6.89. The smallest absolute Gasteiger partial charge is 0.294 e. The van der Waals surface area contributed by atoms with Crippen molar-refractivity contribution >= 4 is 26.0 Å². The minimum Gasteiger partial charge on any atom is -0.508 e. The first-order valence-corrected chi connectivity index (χ1v) is 13.9. The van der Waals surface area contributed by atoms with Gasteiger partial charge in [-0.05, 0) is 66.1 Å². The fourth-order valence-corrected chi connectivity index (χ4v) is 5.39. The molecule has 196 valence electrons. The van der Waals surface area contributed by atoms with Gasteiger partial charge in [0.15, 0.2) is 5.78 Å². The highest BCUT2D eigenvalue weighted by Gasteiger charge is 2.31. The average Bonchev–Trinajstić information content (AvgIpc) is 2.87. The molecule has 0 aliphatic heterocycles. The summed E-state index contributed by atoms with van der Waals surface area (Å²) in [6, 6.07) is 21.6. The van der Waals surface area contributed by atoms with E-state index in [-0.39, 0.29) is 22.6 Å². The molecule has 38 heavy (non-hydrogen) atoms. The van der Waals surface area contributed by atoms with Gasteiger partial charge in [0.2, 0.25) is 0 Å². The Morgan fingerprint density at radius 2 is 0.921 bits per heavy atom. The summed E-state index contributed by atoms with van der Waals surface area (Å²) >= 11 is 0. The lowest BCUT2D eigenvalue weighted by Crippen LogP contribution is -2.25. The van der Waals surface area contributed by atoms with Crippen molar-refractivity contribution in [3.8, 4) is 11.5 Å². The molecule has 0 bridgehead atoms. The molecule has 0 aliphatic rings. The molecule has 0 spiro atoms. The molecular weight excluding hydrogens is 532 g/mol. The number of hydrogen-bond donors (Lipinski definition) is 4. The van der Waals surface area contributed by atoms with Crippen molar-refractivity contribution in [3.05, 3.63) is 119 Å². The van der Waals surface area contributed by atoms with Crippen molar-refractivity contribution in [1.82, 2.24) is 0 Å². The van der Waals surface area contributed by atoms with Crippen LogP contribution in [0.3, 0.4) is 0 Å². The van der Waals surface area contributed by atoms with Gasteiger partial charge >= 0.3 is 0 Å². The van der Waals surface area contributed by atoms with E-state index in [1.807, 2.05) is 6.92 Å². The van der Waals surface area contributed by atoms with Gasteiger partial charge in [-0.3, -0.25) is 13.9 Å². The number of phenolic OH excluding ortho intramolecular Hbond substituents is 2. The minimum absolute atomic E-state index is 0.0825. The van der Waals surface area contributed by atoms with Gasteiger partial charge in [-0.2, -0.15) is 16.8 Å². The zero-order valence-electron chi connectivity index (χ0n) is 19.8. The molecule has 4 N–H and O–H groups in total. The second-order valence-corrected chi connectivity index (χ2v) is 11.6. The molecule has 0 fully saturated rings. The van der Waals surface area contributed by atoms with Crippen molar-refractivity contribution in [3.63, 3.8) is 0 Å². The lowest BCUT2D eigenvalue weighted by atomic mass is 9.71. The molecule has 4 aromatic carbocycles. The van der Waals surface area contributed by atoms with Crippen molar-refractivity contribution in [2.45, 2.75) is 22.1 Å². The maximum absolute atomic E-state index is 13.2. The summed E-state index contributed by atoms with van der Waals surface area (Å²) in [5, 5.41) is 19.5. The molecule has 11 heteroatoms. The Morgan fingerprint density at radius 1 is 0.579 bits per heavy atom. The second kappa shape index (κ2) is 9.69. The summed E-state index contributed by atoms with van der Waals surface area (Å²) in [4.78, 5) is 11.4. The largest absolute Gasteiger partial charge is 0.508 e. The molecule has 0 unspecified atom stereocenters. The molecule has 4 rings (SSSR count). The Labute approximate surface area is 219 Å². The highest BCUT2D eigenvalue weighted by atomic mass is 32.2. The Balaban J connectivity index is 1.81. The van der Waals surface area contributed by atoms with E-state index in [1.54, 1.807) is 60.7 Å². The van der Waals surface area contributed by atoms with Gasteiger partial charge in [0.1, 0.15) is 11.5 Å². The first kappa shape index (κ1) is 27.0. The van der Waals surface area contributed by atoms with Crippen LogP contribution in [0.15, 0.2) is 101 Å². The van der Waals surface area contributed by atoms with Crippen LogP contribution in [-0.2, 0) is 25.7 Å². The first-order chi connectivity index (χ1) is 17.7. The van der Waals surface area contributed by atoms with Gasteiger partial charge in [-0.25, -0.2) is 0 Å². The number of carbonyl (C=O) groups excluding carboxylic acids is 1. The Bertz CT molecular complexity index is 1630. The van der Waals surface area contributed by atoms with Gasteiger partial charge < -0.3 is 10.2 Å². The number of aromatic hydroxyl groups is 2. The summed E-state index contributed by atoms with van der Waals surface area (Å²) in [5.41, 5.74) is 1.27. The molecule has 0 saturated carbocycles. The van der Waals surface area contributed by atoms with Crippen molar-refractivity contribution in [2.24, 2.45) is 0 Å². The summed E-state index contributed by atoms with van der Waals surface area (Å²) < 4.78 is 65.3. The second-order valence-electron chi connectivity index (χ2n) is 8.77. The SMILES string of the molecule is CC(c1ccc(O)cc1)(c1ccc(O)cc1)c1ccc(C(=O)c2cc(S(=O)(=O)O)cc(S(=O)(=O)O)c2)cc1. The number of phenols is 2. The van der Waals surface area contributed by atoms with Gasteiger partial charge in [0, 0.05) is 16.5 Å². The topological polar surface area (TPSA) is 166 Å². The van der Waals surface area contributed by atoms with Gasteiger partial charge in [0.05, 0.1) is 9.79 Å². The Hall–Kier alpha value is -4.03. The van der Waals surface area contributed by atoms with Crippen LogP contribution in [0.2, 0.25) is 0 Å². The van der Waals surface area contributed by atoms with E-state index in [4.69, 9.17) is 0 Å². The van der Waals surface area contributed by atoms with Crippen LogP contribution in [0.4, 0.5) is 0 Å². The highest BCUT2D eigenvalue weighted by molar-refractivity contribution is 7.86. The van der Waals surface area contributed by atoms with Gasteiger partial charge in [0.25, 0.3) is 20.2 Å². The monoisotopic (exact) mass is 554 g/mol. The summed E-state index contributed by atoms with van der Waals surface area (Å²) in [5.74, 6) is -0.582. The minimum atomic E-state index is -4.88. The quantitative estimate of drug-likeness (QED) is 0.149. The van der Waals surface area contributed by atoms with Crippen molar-refractivity contribution in [1.29, 1.82) is 0 Å². The highest BCUT2D eigenvalue weighted by Crippen LogP contribution is 2.40. The predicted molar refractivity (Wildman–Crippen MR) is 138 cm³/mol. The van der Waals surface area contributed by atoms with Gasteiger partial charge in [-0.15, -0.1) is 0 Å². The summed E-state index contributed by atoms with van der Waals surface area (Å²) in [7, 11) is -9.76.